The van der Waals surface area contributed by atoms with E-state index >= 15 is 0 Å². The van der Waals surface area contributed by atoms with Crippen LogP contribution in [-0.2, 0) is 4.79 Å². The topological polar surface area (TPSA) is 71.6 Å². The summed E-state index contributed by atoms with van der Waals surface area (Å²) in [7, 11) is 3.47. The molecule has 1 atom stereocenters. The van der Waals surface area contributed by atoms with E-state index < -0.39 is 6.04 Å². The number of hydrogen-bond donors (Lipinski definition) is 0. The van der Waals surface area contributed by atoms with E-state index in [2.05, 4.69) is 10.1 Å². The Morgan fingerprint density at radius 1 is 1.32 bits per heavy atom. The molecule has 0 N–H and O–H groups in total. The molecule has 3 heterocycles. The number of hydrogen-bond acceptors (Lipinski definition) is 5. The Hall–Kier alpha value is -2.25. The summed E-state index contributed by atoms with van der Waals surface area (Å²) < 4.78 is 1.92. The average molecular weight is 305 g/mol. The number of fused-ring (bicyclic) bond motifs is 2. The standard InChI is InChI=1S/C14H21N6O2/c1-5-6-7-19-12(21)10-11(17(3)14(19)22)15-13-18(4)16-9(2)8-20(10)13/h10H,5-8H2,1-4H3/q+1. The molecule has 0 aromatic carbocycles. The van der Waals surface area contributed by atoms with Crippen LogP contribution in [0.25, 0.3) is 0 Å². The van der Waals surface area contributed by atoms with Gasteiger partial charge in [0.15, 0.2) is 0 Å². The van der Waals surface area contributed by atoms with Crippen LogP contribution < -0.4 is 0 Å². The Kier molecular flexibility index (Phi) is 3.46. The molecule has 0 radical (unpaired) electrons. The van der Waals surface area contributed by atoms with E-state index in [9.17, 15) is 9.59 Å². The number of amides is 3. The summed E-state index contributed by atoms with van der Waals surface area (Å²) in [5.41, 5.74) is 0.912. The van der Waals surface area contributed by atoms with Gasteiger partial charge in [-0.15, -0.1) is 10.1 Å². The molecule has 1 fully saturated rings. The van der Waals surface area contributed by atoms with Crippen molar-refractivity contribution in [3.05, 3.63) is 0 Å². The van der Waals surface area contributed by atoms with E-state index in [1.165, 1.54) is 9.80 Å². The fraction of sp³-hybridized carbons (Fsp3) is 0.643. The minimum Gasteiger partial charge on any atom is -0.270 e. The normalized spacial score (nSPS) is 24.5. The van der Waals surface area contributed by atoms with Gasteiger partial charge < -0.3 is 0 Å². The molecule has 1 saturated heterocycles. The van der Waals surface area contributed by atoms with Crippen LogP contribution in [0.1, 0.15) is 26.7 Å². The summed E-state index contributed by atoms with van der Waals surface area (Å²) in [6.45, 7) is 4.96. The van der Waals surface area contributed by atoms with E-state index in [1.54, 1.807) is 19.1 Å². The number of imide groups is 1. The van der Waals surface area contributed by atoms with Gasteiger partial charge in [-0.3, -0.25) is 14.6 Å². The lowest BCUT2D eigenvalue weighted by atomic mass is 10.1. The van der Waals surface area contributed by atoms with Gasteiger partial charge in [-0.05, 0) is 13.3 Å². The molecule has 0 aromatic heterocycles. The van der Waals surface area contributed by atoms with E-state index in [0.29, 0.717) is 24.9 Å². The van der Waals surface area contributed by atoms with Crippen molar-refractivity contribution < 1.29 is 14.2 Å². The molecule has 1 unspecified atom stereocenters. The number of carbonyl (C=O) groups excluding carboxylic acids is 2. The van der Waals surface area contributed by atoms with Crippen LogP contribution in [0.5, 0.6) is 0 Å². The summed E-state index contributed by atoms with van der Waals surface area (Å²) in [5.74, 6) is 0.929. The quantitative estimate of drug-likeness (QED) is 0.697. The van der Waals surface area contributed by atoms with E-state index in [0.717, 1.165) is 18.6 Å². The molecule has 3 aliphatic heterocycles. The Bertz CT molecular complexity index is 635. The second-order valence-corrected chi connectivity index (χ2v) is 5.84. The second-order valence-electron chi connectivity index (χ2n) is 5.84. The number of rotatable bonds is 3. The number of unbranched alkanes of at least 4 members (excludes halogenated alkanes) is 1. The van der Waals surface area contributed by atoms with Crippen LogP contribution in [0.2, 0.25) is 0 Å². The van der Waals surface area contributed by atoms with E-state index in [-0.39, 0.29) is 11.9 Å². The van der Waals surface area contributed by atoms with Gasteiger partial charge in [0.1, 0.15) is 6.54 Å². The van der Waals surface area contributed by atoms with Gasteiger partial charge in [0.05, 0.1) is 12.8 Å². The second kappa shape index (κ2) is 5.19. The number of amidine groups is 1. The number of nitrogens with zero attached hydrogens (tertiary/aromatic N) is 6. The molecule has 0 aromatic rings. The van der Waals surface area contributed by atoms with Crippen LogP contribution in [0.4, 0.5) is 4.79 Å². The van der Waals surface area contributed by atoms with Gasteiger partial charge in [-0.2, -0.15) is 0 Å². The van der Waals surface area contributed by atoms with Crippen molar-refractivity contribution in [1.29, 1.82) is 0 Å². The molecule has 8 nitrogen and oxygen atoms in total. The molecule has 0 aliphatic carbocycles. The highest BCUT2D eigenvalue weighted by Crippen LogP contribution is 2.22. The average Bonchev–Trinajstić information content (AvgIpc) is 2.85. The predicted molar refractivity (Wildman–Crippen MR) is 82.0 cm³/mol. The zero-order valence-electron chi connectivity index (χ0n) is 13.4. The number of carbonyl (C=O) groups is 2. The first-order valence-corrected chi connectivity index (χ1v) is 7.54. The van der Waals surface area contributed by atoms with Gasteiger partial charge in [-0.1, -0.05) is 18.3 Å². The number of hydrazone groups is 1. The van der Waals surface area contributed by atoms with Crippen LogP contribution in [0, 0.1) is 0 Å². The zero-order chi connectivity index (χ0) is 16.0. The molecular formula is C14H21N6O2+. The van der Waals surface area contributed by atoms with Crippen molar-refractivity contribution in [2.75, 3.05) is 27.2 Å². The lowest BCUT2D eigenvalue weighted by molar-refractivity contribution is -0.527. The van der Waals surface area contributed by atoms with Crippen molar-refractivity contribution >= 4 is 29.4 Å². The Morgan fingerprint density at radius 3 is 2.73 bits per heavy atom. The van der Waals surface area contributed by atoms with Crippen LogP contribution in [-0.4, -0.2) is 82.1 Å². The maximum Gasteiger partial charge on any atom is 0.416 e. The number of aliphatic imine (C=N–C) groups is 1. The Balaban J connectivity index is 1.97. The molecule has 3 amide bonds. The highest BCUT2D eigenvalue weighted by molar-refractivity contribution is 6.23. The fourth-order valence-electron chi connectivity index (χ4n) is 3.03. The summed E-state index contributed by atoms with van der Waals surface area (Å²) in [6, 6.07) is -0.823. The SMILES string of the molecule is CCCCN1C(=O)C2C(=NC3=[N+]2CC(C)=NN3C)N(C)C1=O. The van der Waals surface area contributed by atoms with Crippen molar-refractivity contribution in [1.82, 2.24) is 14.8 Å². The monoisotopic (exact) mass is 305 g/mol. The molecule has 8 heteroatoms. The highest BCUT2D eigenvalue weighted by atomic mass is 16.2. The van der Waals surface area contributed by atoms with Crippen molar-refractivity contribution in [3.63, 3.8) is 0 Å². The van der Waals surface area contributed by atoms with Crippen molar-refractivity contribution in [2.24, 2.45) is 10.1 Å². The fourth-order valence-corrected chi connectivity index (χ4v) is 3.03. The maximum atomic E-state index is 12.8. The molecule has 3 rings (SSSR count). The Morgan fingerprint density at radius 2 is 2.05 bits per heavy atom. The van der Waals surface area contributed by atoms with E-state index in [4.69, 9.17) is 0 Å². The third kappa shape index (κ3) is 2.01. The zero-order valence-corrected chi connectivity index (χ0v) is 13.4. The molecule has 0 saturated carbocycles. The molecule has 0 spiro atoms. The Labute approximate surface area is 129 Å². The number of urea groups is 1. The summed E-state index contributed by atoms with van der Waals surface area (Å²) >= 11 is 0. The smallest absolute Gasteiger partial charge is 0.270 e. The highest BCUT2D eigenvalue weighted by Gasteiger charge is 2.53. The predicted octanol–water partition coefficient (Wildman–Crippen LogP) is 0.151. The summed E-state index contributed by atoms with van der Waals surface area (Å²) in [6.07, 6.45) is 1.74. The maximum absolute atomic E-state index is 12.8. The molecule has 22 heavy (non-hydrogen) atoms. The number of likely N-dealkylation sites (N-methyl/N-ethyl adjacent to an activating group) is 1. The third-order valence-corrected chi connectivity index (χ3v) is 4.13. The first-order valence-electron chi connectivity index (χ1n) is 7.54. The summed E-state index contributed by atoms with van der Waals surface area (Å²) in [5, 5.41) is 6.02. The van der Waals surface area contributed by atoms with Crippen LogP contribution in [0.3, 0.4) is 0 Å². The lowest BCUT2D eigenvalue weighted by Gasteiger charge is -2.34. The lowest BCUT2D eigenvalue weighted by Crippen LogP contribution is -2.63. The number of guanidine groups is 1. The van der Waals surface area contributed by atoms with Gasteiger partial charge in [-0.25, -0.2) is 9.37 Å². The van der Waals surface area contributed by atoms with Gasteiger partial charge in [0.2, 0.25) is 11.9 Å². The largest absolute Gasteiger partial charge is 0.416 e. The minimum absolute atomic E-state index is 0.187. The van der Waals surface area contributed by atoms with Crippen molar-refractivity contribution in [3.8, 4) is 0 Å². The molecule has 118 valence electrons. The third-order valence-electron chi connectivity index (χ3n) is 4.13. The van der Waals surface area contributed by atoms with Crippen LogP contribution >= 0.6 is 0 Å². The first-order chi connectivity index (χ1) is 10.5. The van der Waals surface area contributed by atoms with Gasteiger partial charge >= 0.3 is 12.0 Å². The first kappa shape index (κ1) is 14.7. The van der Waals surface area contributed by atoms with Crippen molar-refractivity contribution in [2.45, 2.75) is 32.7 Å². The molecule has 0 bridgehead atoms. The summed E-state index contributed by atoms with van der Waals surface area (Å²) in [4.78, 5) is 32.5. The molecule has 3 aliphatic rings. The van der Waals surface area contributed by atoms with E-state index in [1.807, 2.05) is 18.4 Å². The van der Waals surface area contributed by atoms with Crippen LogP contribution in [0.15, 0.2) is 10.1 Å². The van der Waals surface area contributed by atoms with Gasteiger partial charge in [0, 0.05) is 13.6 Å². The van der Waals surface area contributed by atoms with Gasteiger partial charge in [0.25, 0.3) is 5.91 Å². The minimum atomic E-state index is -0.526. The molecular weight excluding hydrogens is 284 g/mol.